The van der Waals surface area contributed by atoms with Gasteiger partial charge in [-0.3, -0.25) is 15.2 Å². The highest BCUT2D eigenvalue weighted by Crippen LogP contribution is 2.39. The number of esters is 1. The molecule has 0 fully saturated rings. The zero-order valence-corrected chi connectivity index (χ0v) is 14.6. The van der Waals surface area contributed by atoms with Crippen LogP contribution in [0.2, 0.25) is 5.02 Å². The molecule has 0 saturated heterocycles. The van der Waals surface area contributed by atoms with Crippen LogP contribution in [0.4, 0.5) is 5.69 Å². The van der Waals surface area contributed by atoms with Gasteiger partial charge in [0.1, 0.15) is 10.7 Å². The summed E-state index contributed by atoms with van der Waals surface area (Å²) in [6, 6.07) is 2.50. The zero-order chi connectivity index (χ0) is 17.7. The monoisotopic (exact) mass is 370 g/mol. The van der Waals surface area contributed by atoms with Crippen LogP contribution >= 0.6 is 23.4 Å². The number of H-pyrrole nitrogens is 1. The first-order valence-corrected chi connectivity index (χ1v) is 8.39. The lowest BCUT2D eigenvalue weighted by atomic mass is 10.2. The smallest absolute Gasteiger partial charge is 0.338 e. The molecular weight excluding hydrogens is 356 g/mol. The van der Waals surface area contributed by atoms with E-state index in [1.54, 1.807) is 0 Å². The van der Waals surface area contributed by atoms with Crippen LogP contribution in [0.1, 0.15) is 36.5 Å². The molecule has 0 aliphatic heterocycles. The van der Waals surface area contributed by atoms with Gasteiger partial charge in [-0.1, -0.05) is 25.4 Å². The fraction of sp³-hybridized carbons (Fsp3) is 0.357. The molecule has 2 aromatic rings. The molecule has 0 atom stereocenters. The summed E-state index contributed by atoms with van der Waals surface area (Å²) in [7, 11) is 0. The van der Waals surface area contributed by atoms with Crippen molar-refractivity contribution in [3.8, 4) is 0 Å². The standard InChI is InChI=1S/C14H15ClN4O4S/c1-3-5-23-13(20)8-6-9(15)12(10(7-8)19(21)22)24-14-16-11(4-2)17-18-14/h6-7H,3-5H2,1-2H3,(H,16,17,18). The van der Waals surface area contributed by atoms with Gasteiger partial charge in [0.15, 0.2) is 0 Å². The first-order chi connectivity index (χ1) is 11.5. The van der Waals surface area contributed by atoms with E-state index in [0.29, 0.717) is 23.8 Å². The molecule has 0 amide bonds. The van der Waals surface area contributed by atoms with Gasteiger partial charge in [0.05, 0.1) is 22.1 Å². The molecular formula is C14H15ClN4O4S. The van der Waals surface area contributed by atoms with E-state index < -0.39 is 10.9 Å². The number of aromatic nitrogens is 3. The van der Waals surface area contributed by atoms with Crippen LogP contribution < -0.4 is 0 Å². The third kappa shape index (κ3) is 4.24. The van der Waals surface area contributed by atoms with Gasteiger partial charge < -0.3 is 4.74 Å². The summed E-state index contributed by atoms with van der Waals surface area (Å²) in [5, 5.41) is 18.4. The van der Waals surface area contributed by atoms with Crippen molar-refractivity contribution in [3.63, 3.8) is 0 Å². The molecule has 1 aromatic carbocycles. The van der Waals surface area contributed by atoms with Gasteiger partial charge in [0, 0.05) is 12.5 Å². The summed E-state index contributed by atoms with van der Waals surface area (Å²) in [5.74, 6) is 0.0144. The lowest BCUT2D eigenvalue weighted by molar-refractivity contribution is -0.387. The van der Waals surface area contributed by atoms with Crippen LogP contribution in [0.25, 0.3) is 0 Å². The molecule has 0 radical (unpaired) electrons. The number of nitrogens with zero attached hydrogens (tertiary/aromatic N) is 3. The number of nitro benzene ring substituents is 1. The van der Waals surface area contributed by atoms with Crippen LogP contribution in [0.5, 0.6) is 0 Å². The molecule has 0 saturated carbocycles. The molecule has 2 rings (SSSR count). The molecule has 128 valence electrons. The molecule has 0 bridgehead atoms. The Balaban J connectivity index is 2.36. The Labute approximate surface area is 147 Å². The van der Waals surface area contributed by atoms with Gasteiger partial charge >= 0.3 is 5.97 Å². The van der Waals surface area contributed by atoms with Crippen molar-refractivity contribution in [3.05, 3.63) is 38.7 Å². The highest BCUT2D eigenvalue weighted by Gasteiger charge is 2.24. The van der Waals surface area contributed by atoms with Gasteiger partial charge in [-0.15, -0.1) is 5.10 Å². The molecule has 8 nitrogen and oxygen atoms in total. The van der Waals surface area contributed by atoms with Crippen LogP contribution in [-0.2, 0) is 11.2 Å². The van der Waals surface area contributed by atoms with Gasteiger partial charge in [-0.2, -0.15) is 0 Å². The number of aromatic amines is 1. The molecule has 1 aromatic heterocycles. The average molecular weight is 371 g/mol. The van der Waals surface area contributed by atoms with E-state index >= 15 is 0 Å². The third-order valence-electron chi connectivity index (χ3n) is 2.93. The maximum absolute atomic E-state index is 11.9. The molecule has 0 aliphatic carbocycles. The number of aryl methyl sites for hydroxylation is 1. The van der Waals surface area contributed by atoms with Gasteiger partial charge in [0.2, 0.25) is 5.16 Å². The number of carbonyl (C=O) groups excluding carboxylic acids is 1. The number of benzene rings is 1. The van der Waals surface area contributed by atoms with Crippen LogP contribution in [0.3, 0.4) is 0 Å². The topological polar surface area (TPSA) is 111 Å². The highest BCUT2D eigenvalue weighted by molar-refractivity contribution is 7.99. The first-order valence-electron chi connectivity index (χ1n) is 7.20. The lowest BCUT2D eigenvalue weighted by Crippen LogP contribution is -2.07. The molecule has 10 heteroatoms. The largest absolute Gasteiger partial charge is 0.462 e. The SMILES string of the molecule is CCCOC(=O)c1cc(Cl)c(Sc2n[nH]c(CC)n2)c([N+](=O)[O-])c1. The molecule has 0 aliphatic rings. The maximum Gasteiger partial charge on any atom is 0.338 e. The number of halogens is 1. The fourth-order valence-corrected chi connectivity index (χ4v) is 2.94. The summed E-state index contributed by atoms with van der Waals surface area (Å²) in [5.41, 5.74) is -0.257. The van der Waals surface area contributed by atoms with Crippen molar-refractivity contribution >= 4 is 35.0 Å². The fourth-order valence-electron chi connectivity index (χ4n) is 1.78. The van der Waals surface area contributed by atoms with Gasteiger partial charge in [0.25, 0.3) is 5.69 Å². The second-order valence-electron chi connectivity index (χ2n) is 4.72. The Bertz CT molecular complexity index is 765. The summed E-state index contributed by atoms with van der Waals surface area (Å²) >= 11 is 7.11. The second-order valence-corrected chi connectivity index (χ2v) is 6.10. The number of ether oxygens (including phenoxy) is 1. The van der Waals surface area contributed by atoms with Crippen molar-refractivity contribution in [1.29, 1.82) is 0 Å². The predicted molar refractivity (Wildman–Crippen MR) is 88.6 cm³/mol. The Kier molecular flexibility index (Phi) is 6.16. The van der Waals surface area contributed by atoms with E-state index in [1.165, 1.54) is 6.07 Å². The van der Waals surface area contributed by atoms with Crippen molar-refractivity contribution in [2.24, 2.45) is 0 Å². The zero-order valence-electron chi connectivity index (χ0n) is 13.0. The Morgan fingerprint density at radius 2 is 2.21 bits per heavy atom. The summed E-state index contributed by atoms with van der Waals surface area (Å²) in [4.78, 5) is 27.0. The Morgan fingerprint density at radius 3 is 2.79 bits per heavy atom. The molecule has 24 heavy (non-hydrogen) atoms. The number of rotatable bonds is 7. The summed E-state index contributed by atoms with van der Waals surface area (Å²) < 4.78 is 4.99. The normalized spacial score (nSPS) is 10.6. The van der Waals surface area contributed by atoms with E-state index in [4.69, 9.17) is 16.3 Å². The second kappa shape index (κ2) is 8.11. The Morgan fingerprint density at radius 1 is 1.46 bits per heavy atom. The Hall–Kier alpha value is -2.13. The summed E-state index contributed by atoms with van der Waals surface area (Å²) in [6.45, 7) is 3.99. The molecule has 1 heterocycles. The van der Waals surface area contributed by atoms with Crippen LogP contribution in [-0.4, -0.2) is 32.7 Å². The van der Waals surface area contributed by atoms with Crippen molar-refractivity contribution < 1.29 is 14.5 Å². The van der Waals surface area contributed by atoms with Crippen LogP contribution in [0.15, 0.2) is 22.2 Å². The maximum atomic E-state index is 11.9. The number of hydrogen-bond acceptors (Lipinski definition) is 7. The number of nitrogens with one attached hydrogen (secondary N) is 1. The van der Waals surface area contributed by atoms with E-state index in [0.717, 1.165) is 17.8 Å². The van der Waals surface area contributed by atoms with E-state index in [9.17, 15) is 14.9 Å². The average Bonchev–Trinajstić information content (AvgIpc) is 3.01. The third-order valence-corrected chi connectivity index (χ3v) is 4.34. The quantitative estimate of drug-likeness (QED) is 0.449. The molecule has 0 spiro atoms. The van der Waals surface area contributed by atoms with Crippen molar-refractivity contribution in [1.82, 2.24) is 15.2 Å². The van der Waals surface area contributed by atoms with E-state index in [-0.39, 0.29) is 27.8 Å². The number of carbonyl (C=O) groups is 1. The van der Waals surface area contributed by atoms with Crippen LogP contribution in [0, 0.1) is 10.1 Å². The van der Waals surface area contributed by atoms with E-state index in [1.807, 2.05) is 13.8 Å². The van der Waals surface area contributed by atoms with E-state index in [2.05, 4.69) is 15.2 Å². The van der Waals surface area contributed by atoms with Crippen molar-refractivity contribution in [2.75, 3.05) is 6.61 Å². The number of nitro groups is 1. The summed E-state index contributed by atoms with van der Waals surface area (Å²) in [6.07, 6.45) is 1.31. The van der Waals surface area contributed by atoms with Crippen molar-refractivity contribution in [2.45, 2.75) is 36.7 Å². The predicted octanol–water partition coefficient (Wildman–Crippen LogP) is 3.65. The molecule has 1 N–H and O–H groups in total. The highest BCUT2D eigenvalue weighted by atomic mass is 35.5. The van der Waals surface area contributed by atoms with Gasteiger partial charge in [-0.05, 0) is 24.2 Å². The first kappa shape index (κ1) is 18.2. The minimum Gasteiger partial charge on any atom is -0.462 e. The number of hydrogen-bond donors (Lipinski definition) is 1. The lowest BCUT2D eigenvalue weighted by Gasteiger charge is -2.07. The van der Waals surface area contributed by atoms with Gasteiger partial charge in [-0.25, -0.2) is 9.78 Å². The minimum atomic E-state index is -0.649. The molecule has 0 unspecified atom stereocenters. The minimum absolute atomic E-state index is 0.0359.